The Morgan fingerprint density at radius 3 is 3.13 bits per heavy atom. The summed E-state index contributed by atoms with van der Waals surface area (Å²) in [6.07, 6.45) is 4.14. The molecular weight excluding hydrogens is 216 g/mol. The van der Waals surface area contributed by atoms with Crippen LogP contribution in [-0.4, -0.2) is 32.8 Å². The zero-order valence-corrected chi connectivity index (χ0v) is 9.11. The number of aromatic nitrogens is 4. The van der Waals surface area contributed by atoms with Crippen LogP contribution in [0.5, 0.6) is 0 Å². The molecule has 0 unspecified atom stereocenters. The number of halogens is 1. The second kappa shape index (κ2) is 4.55. The Balaban J connectivity index is 2.25. The Morgan fingerprint density at radius 2 is 2.33 bits per heavy atom. The van der Waals surface area contributed by atoms with Crippen molar-refractivity contribution in [3.63, 3.8) is 0 Å². The monoisotopic (exact) mass is 226 g/mol. The first-order valence-corrected chi connectivity index (χ1v) is 5.12. The summed E-state index contributed by atoms with van der Waals surface area (Å²) in [5.41, 5.74) is 0.589. The van der Waals surface area contributed by atoms with Gasteiger partial charge in [-0.3, -0.25) is 4.40 Å². The number of rotatable bonds is 4. The molecule has 0 aliphatic rings. The Morgan fingerprint density at radius 1 is 1.47 bits per heavy atom. The van der Waals surface area contributed by atoms with E-state index in [-0.39, 0.29) is 0 Å². The van der Waals surface area contributed by atoms with Gasteiger partial charge in [0.2, 0.25) is 0 Å². The summed E-state index contributed by atoms with van der Waals surface area (Å²) in [5, 5.41) is 8.36. The average Bonchev–Trinajstić information content (AvgIpc) is 2.64. The molecular formula is C9H11ClN4O. The highest BCUT2D eigenvalue weighted by molar-refractivity contribution is 6.32. The molecule has 80 valence electrons. The summed E-state index contributed by atoms with van der Waals surface area (Å²) in [7, 11) is 0. The zero-order chi connectivity index (χ0) is 10.7. The summed E-state index contributed by atoms with van der Waals surface area (Å²) < 4.78 is 7.08. The highest BCUT2D eigenvalue weighted by atomic mass is 35.5. The van der Waals surface area contributed by atoms with E-state index in [1.165, 1.54) is 0 Å². The van der Waals surface area contributed by atoms with Crippen molar-refractivity contribution in [3.05, 3.63) is 23.4 Å². The third kappa shape index (κ3) is 2.08. The predicted molar refractivity (Wildman–Crippen MR) is 56.0 cm³/mol. The lowest BCUT2D eigenvalue weighted by molar-refractivity contribution is 0.149. The lowest BCUT2D eigenvalue weighted by Crippen LogP contribution is -2.02. The molecule has 0 fully saturated rings. The van der Waals surface area contributed by atoms with Gasteiger partial charge < -0.3 is 4.74 Å². The Kier molecular flexibility index (Phi) is 3.13. The maximum Gasteiger partial charge on any atom is 0.198 e. The van der Waals surface area contributed by atoms with Crippen LogP contribution in [0.25, 0.3) is 5.65 Å². The average molecular weight is 227 g/mol. The molecule has 5 nitrogen and oxygen atoms in total. The molecule has 15 heavy (non-hydrogen) atoms. The normalized spacial score (nSPS) is 11.1. The van der Waals surface area contributed by atoms with Crippen molar-refractivity contribution in [2.24, 2.45) is 0 Å². The van der Waals surface area contributed by atoms with Crippen molar-refractivity contribution in [1.82, 2.24) is 19.6 Å². The van der Waals surface area contributed by atoms with Crippen molar-refractivity contribution >= 4 is 17.2 Å². The molecule has 0 saturated heterocycles. The quantitative estimate of drug-likeness (QED) is 0.739. The molecule has 0 amide bonds. The van der Waals surface area contributed by atoms with E-state index < -0.39 is 0 Å². The zero-order valence-electron chi connectivity index (χ0n) is 8.35. The lowest BCUT2D eigenvalue weighted by Gasteiger charge is -2.00. The van der Waals surface area contributed by atoms with Crippen LogP contribution in [0.4, 0.5) is 0 Å². The molecule has 2 heterocycles. The van der Waals surface area contributed by atoms with Gasteiger partial charge >= 0.3 is 0 Å². The number of hydrogen-bond donors (Lipinski definition) is 0. The minimum absolute atomic E-state index is 0.368. The van der Waals surface area contributed by atoms with E-state index in [0.717, 1.165) is 12.2 Å². The van der Waals surface area contributed by atoms with Crippen LogP contribution in [0, 0.1) is 0 Å². The third-order valence-corrected chi connectivity index (χ3v) is 2.30. The van der Waals surface area contributed by atoms with E-state index in [1.54, 1.807) is 12.4 Å². The first-order valence-electron chi connectivity index (χ1n) is 4.74. The van der Waals surface area contributed by atoms with Gasteiger partial charge in [0.1, 0.15) is 5.82 Å². The largest absolute Gasteiger partial charge is 0.381 e. The minimum atomic E-state index is 0.368. The topological polar surface area (TPSA) is 52.3 Å². The summed E-state index contributed by atoms with van der Waals surface area (Å²) in [5.74, 6) is 0.836. The highest BCUT2D eigenvalue weighted by Crippen LogP contribution is 2.12. The van der Waals surface area contributed by atoms with E-state index in [1.807, 2.05) is 11.3 Å². The number of hydrogen-bond acceptors (Lipinski definition) is 4. The molecule has 6 heteroatoms. The maximum atomic E-state index is 5.87. The minimum Gasteiger partial charge on any atom is -0.381 e. The lowest BCUT2D eigenvalue weighted by atomic mass is 10.4. The standard InChI is InChI=1S/C9H11ClN4O/c1-2-15-6-3-7-12-13-9-8(10)11-4-5-14(7)9/h4-5H,2-3,6H2,1H3. The molecule has 2 rings (SSSR count). The molecule has 2 aromatic heterocycles. The van der Waals surface area contributed by atoms with E-state index in [4.69, 9.17) is 16.3 Å². The molecule has 0 aliphatic carbocycles. The van der Waals surface area contributed by atoms with Crippen molar-refractivity contribution in [3.8, 4) is 0 Å². The molecule has 0 aromatic carbocycles. The van der Waals surface area contributed by atoms with Gasteiger partial charge in [-0.1, -0.05) is 11.6 Å². The summed E-state index contributed by atoms with van der Waals surface area (Å²) >= 11 is 5.87. The predicted octanol–water partition coefficient (Wildman–Crippen LogP) is 1.36. The number of nitrogens with zero attached hydrogens (tertiary/aromatic N) is 4. The fraction of sp³-hybridized carbons (Fsp3) is 0.444. The van der Waals surface area contributed by atoms with Crippen LogP contribution >= 0.6 is 11.6 Å². The molecule has 2 aromatic rings. The SMILES string of the molecule is CCOCCc1nnc2c(Cl)nccn12. The fourth-order valence-corrected chi connectivity index (χ4v) is 1.51. The Labute approximate surface area is 92.1 Å². The summed E-state index contributed by atoms with van der Waals surface area (Å²) in [6, 6.07) is 0. The first kappa shape index (κ1) is 10.3. The van der Waals surface area contributed by atoms with Gasteiger partial charge in [-0.05, 0) is 6.92 Å². The molecule has 0 atom stereocenters. The molecule has 0 N–H and O–H groups in total. The van der Waals surface area contributed by atoms with Gasteiger partial charge in [0.15, 0.2) is 10.8 Å². The smallest absolute Gasteiger partial charge is 0.198 e. The fourth-order valence-electron chi connectivity index (χ4n) is 1.32. The van der Waals surface area contributed by atoms with Crippen LogP contribution < -0.4 is 0 Å². The highest BCUT2D eigenvalue weighted by Gasteiger charge is 2.07. The number of ether oxygens (including phenoxy) is 1. The van der Waals surface area contributed by atoms with Crippen molar-refractivity contribution in [2.75, 3.05) is 13.2 Å². The first-order chi connectivity index (χ1) is 7.33. The maximum absolute atomic E-state index is 5.87. The van der Waals surface area contributed by atoms with Gasteiger partial charge in [-0.15, -0.1) is 10.2 Å². The molecule has 0 spiro atoms. The van der Waals surface area contributed by atoms with Gasteiger partial charge in [0.05, 0.1) is 6.61 Å². The van der Waals surface area contributed by atoms with E-state index >= 15 is 0 Å². The van der Waals surface area contributed by atoms with Crippen LogP contribution in [0.2, 0.25) is 5.15 Å². The van der Waals surface area contributed by atoms with Crippen LogP contribution in [0.3, 0.4) is 0 Å². The molecule has 0 radical (unpaired) electrons. The Bertz CT molecular complexity index is 456. The molecule has 0 saturated carbocycles. The van der Waals surface area contributed by atoms with Crippen molar-refractivity contribution < 1.29 is 4.74 Å². The second-order valence-corrected chi connectivity index (χ2v) is 3.33. The van der Waals surface area contributed by atoms with E-state index in [2.05, 4.69) is 15.2 Å². The Hall–Kier alpha value is -1.20. The summed E-state index contributed by atoms with van der Waals surface area (Å²) in [4.78, 5) is 3.93. The van der Waals surface area contributed by atoms with Crippen LogP contribution in [0.15, 0.2) is 12.4 Å². The van der Waals surface area contributed by atoms with Crippen molar-refractivity contribution in [2.45, 2.75) is 13.3 Å². The molecule has 0 aliphatic heterocycles. The third-order valence-electron chi connectivity index (χ3n) is 2.03. The second-order valence-electron chi connectivity index (χ2n) is 2.97. The van der Waals surface area contributed by atoms with Gasteiger partial charge in [0, 0.05) is 25.4 Å². The summed E-state index contributed by atoms with van der Waals surface area (Å²) in [6.45, 7) is 3.30. The van der Waals surface area contributed by atoms with Gasteiger partial charge in [0.25, 0.3) is 0 Å². The van der Waals surface area contributed by atoms with E-state index in [0.29, 0.717) is 24.0 Å². The number of fused-ring (bicyclic) bond motifs is 1. The van der Waals surface area contributed by atoms with Crippen LogP contribution in [-0.2, 0) is 11.2 Å². The van der Waals surface area contributed by atoms with Crippen LogP contribution in [0.1, 0.15) is 12.7 Å². The van der Waals surface area contributed by atoms with E-state index in [9.17, 15) is 0 Å². The van der Waals surface area contributed by atoms with Gasteiger partial charge in [-0.25, -0.2) is 4.98 Å². The molecule has 0 bridgehead atoms. The van der Waals surface area contributed by atoms with Gasteiger partial charge in [-0.2, -0.15) is 0 Å². The van der Waals surface area contributed by atoms with Crippen molar-refractivity contribution in [1.29, 1.82) is 0 Å².